The lowest BCUT2D eigenvalue weighted by atomic mass is 9.59. The number of carbonyl (C=O) groups is 1. The molecule has 1 N–H and O–H groups in total. The van der Waals surface area contributed by atoms with E-state index in [1.807, 2.05) is 0 Å². The summed E-state index contributed by atoms with van der Waals surface area (Å²) in [5.74, 6) is 0.528. The first kappa shape index (κ1) is 17.3. The van der Waals surface area contributed by atoms with Gasteiger partial charge in [0.15, 0.2) is 0 Å². The fraction of sp³-hybridized carbons (Fsp3) is 0.650. The van der Waals surface area contributed by atoms with Crippen molar-refractivity contribution in [2.75, 3.05) is 6.61 Å². The summed E-state index contributed by atoms with van der Waals surface area (Å²) in [5, 5.41) is 3.41. The first-order chi connectivity index (χ1) is 11.8. The van der Waals surface area contributed by atoms with E-state index in [-0.39, 0.29) is 33.9 Å². The third kappa shape index (κ3) is 2.44. The monoisotopic (exact) mass is 365 g/mol. The van der Waals surface area contributed by atoms with Crippen LogP contribution in [0.1, 0.15) is 51.7 Å². The van der Waals surface area contributed by atoms with E-state index >= 15 is 0 Å². The normalized spacial score (nSPS) is 38.4. The van der Waals surface area contributed by atoms with Gasteiger partial charge in [-0.05, 0) is 59.6 Å². The van der Waals surface area contributed by atoms with Crippen LogP contribution in [0.25, 0.3) is 0 Å². The molecule has 1 aromatic carbocycles. The summed E-state index contributed by atoms with van der Waals surface area (Å²) in [6, 6.07) is 5.06. The number of hydrogen-bond acceptors (Lipinski definition) is 2. The van der Waals surface area contributed by atoms with E-state index in [1.165, 1.54) is 6.07 Å². The second-order valence-electron chi connectivity index (χ2n) is 8.65. The molecular formula is C20H25ClFNO2. The minimum absolute atomic E-state index is 0.0339. The molecule has 0 radical (unpaired) electrons. The predicted molar refractivity (Wildman–Crippen MR) is 94.8 cm³/mol. The van der Waals surface area contributed by atoms with Crippen LogP contribution < -0.4 is 5.32 Å². The second-order valence-corrected chi connectivity index (χ2v) is 9.05. The number of rotatable bonds is 2. The minimum atomic E-state index is -0.402. The number of benzene rings is 1. The fourth-order valence-corrected chi connectivity index (χ4v) is 6.20. The van der Waals surface area contributed by atoms with Crippen LogP contribution in [0.3, 0.4) is 0 Å². The Kier molecular flexibility index (Phi) is 3.93. The van der Waals surface area contributed by atoms with Crippen molar-refractivity contribution in [1.29, 1.82) is 0 Å². The molecule has 2 aliphatic carbocycles. The molecule has 5 atom stereocenters. The molecule has 3 aliphatic rings. The van der Waals surface area contributed by atoms with Crippen LogP contribution in [0.15, 0.2) is 18.2 Å². The van der Waals surface area contributed by atoms with Gasteiger partial charge in [-0.25, -0.2) is 4.39 Å². The summed E-state index contributed by atoms with van der Waals surface area (Å²) >= 11 is 6.01. The first-order valence-electron chi connectivity index (χ1n) is 9.09. The fourth-order valence-electron chi connectivity index (χ4n) is 6.01. The highest BCUT2D eigenvalue weighted by Crippen LogP contribution is 2.70. The molecule has 1 aromatic rings. The Balaban J connectivity index is 1.72. The Morgan fingerprint density at radius 2 is 2.16 bits per heavy atom. The third-order valence-corrected chi connectivity index (χ3v) is 7.41. The van der Waals surface area contributed by atoms with Gasteiger partial charge >= 0.3 is 0 Å². The van der Waals surface area contributed by atoms with Gasteiger partial charge in [-0.15, -0.1) is 0 Å². The average molecular weight is 366 g/mol. The summed E-state index contributed by atoms with van der Waals surface area (Å²) in [6.07, 6.45) is 3.10. The number of ether oxygens (including phenoxy) is 1. The van der Waals surface area contributed by atoms with Crippen molar-refractivity contribution in [3.8, 4) is 0 Å². The standard InChI is InChI=1S/C20H25ClFNO2/c1-11(24)23-18-19(2,3)13-9-14-17(25-7-6-20(14,18)10-13)12-4-5-16(22)15(21)8-12/h4-5,8,13-14,17-18H,6-7,9-10H2,1-3H3,(H,23,24)/t13-,14-,17-,18+,20?/m1/s1. The number of hydrogen-bond donors (Lipinski definition) is 1. The lowest BCUT2D eigenvalue weighted by Crippen LogP contribution is -2.58. The van der Waals surface area contributed by atoms with Crippen LogP contribution in [0, 0.1) is 28.5 Å². The minimum Gasteiger partial charge on any atom is -0.373 e. The topological polar surface area (TPSA) is 38.3 Å². The van der Waals surface area contributed by atoms with Crippen molar-refractivity contribution >= 4 is 17.5 Å². The van der Waals surface area contributed by atoms with Gasteiger partial charge in [-0.1, -0.05) is 31.5 Å². The molecular weight excluding hydrogens is 341 g/mol. The average Bonchev–Trinajstić information content (AvgIpc) is 3.03. The van der Waals surface area contributed by atoms with Crippen LogP contribution in [0.5, 0.6) is 0 Å². The molecule has 3 fully saturated rings. The summed E-state index contributed by atoms with van der Waals surface area (Å²) in [4.78, 5) is 11.9. The van der Waals surface area contributed by atoms with Gasteiger partial charge in [0.05, 0.1) is 11.1 Å². The maximum atomic E-state index is 13.6. The zero-order chi connectivity index (χ0) is 18.0. The van der Waals surface area contributed by atoms with Gasteiger partial charge in [0.2, 0.25) is 5.91 Å². The number of fused-ring (bicyclic) bond motifs is 1. The van der Waals surface area contributed by atoms with Crippen molar-refractivity contribution in [1.82, 2.24) is 5.32 Å². The molecule has 1 aliphatic heterocycles. The molecule has 1 unspecified atom stereocenters. The Morgan fingerprint density at radius 1 is 1.40 bits per heavy atom. The molecule has 3 nitrogen and oxygen atoms in total. The van der Waals surface area contributed by atoms with Crippen LogP contribution in [-0.2, 0) is 9.53 Å². The lowest BCUT2D eigenvalue weighted by molar-refractivity contribution is -0.136. The molecule has 25 heavy (non-hydrogen) atoms. The van der Waals surface area contributed by atoms with E-state index < -0.39 is 5.82 Å². The number of halogens is 2. The Hall–Kier alpha value is -1.13. The maximum absolute atomic E-state index is 13.6. The van der Waals surface area contributed by atoms with Crippen molar-refractivity contribution in [3.63, 3.8) is 0 Å². The van der Waals surface area contributed by atoms with Crippen molar-refractivity contribution in [3.05, 3.63) is 34.6 Å². The SMILES string of the molecule is CC(=O)N[C@H]1C(C)(C)[C@@H]2C[C@@H]3[C@@H](c4ccc(F)c(Cl)c4)OCCC31C2. The molecule has 1 saturated heterocycles. The van der Waals surface area contributed by atoms with E-state index in [2.05, 4.69) is 19.2 Å². The zero-order valence-electron chi connectivity index (χ0n) is 14.9. The maximum Gasteiger partial charge on any atom is 0.217 e. The largest absolute Gasteiger partial charge is 0.373 e. The molecule has 136 valence electrons. The van der Waals surface area contributed by atoms with Gasteiger partial charge in [-0.2, -0.15) is 0 Å². The third-order valence-electron chi connectivity index (χ3n) is 7.12. The summed E-state index contributed by atoms with van der Waals surface area (Å²) in [7, 11) is 0. The smallest absolute Gasteiger partial charge is 0.217 e. The zero-order valence-corrected chi connectivity index (χ0v) is 15.7. The van der Waals surface area contributed by atoms with Gasteiger partial charge in [-0.3, -0.25) is 4.79 Å². The lowest BCUT2D eigenvalue weighted by Gasteiger charge is -2.53. The van der Waals surface area contributed by atoms with Gasteiger partial charge in [0, 0.05) is 19.6 Å². The van der Waals surface area contributed by atoms with E-state index in [0.29, 0.717) is 18.4 Å². The van der Waals surface area contributed by atoms with E-state index in [9.17, 15) is 9.18 Å². The molecule has 2 saturated carbocycles. The Morgan fingerprint density at radius 3 is 2.84 bits per heavy atom. The number of carbonyl (C=O) groups excluding carboxylic acids is 1. The van der Waals surface area contributed by atoms with Crippen LogP contribution in [0.2, 0.25) is 5.02 Å². The first-order valence-corrected chi connectivity index (χ1v) is 9.47. The predicted octanol–water partition coefficient (Wildman–Crippen LogP) is 4.50. The van der Waals surface area contributed by atoms with Crippen LogP contribution >= 0.6 is 11.6 Å². The van der Waals surface area contributed by atoms with Crippen molar-refractivity contribution < 1.29 is 13.9 Å². The highest BCUT2D eigenvalue weighted by molar-refractivity contribution is 6.30. The van der Waals surface area contributed by atoms with Crippen LogP contribution in [0.4, 0.5) is 4.39 Å². The van der Waals surface area contributed by atoms with E-state index in [0.717, 1.165) is 24.8 Å². The molecule has 1 amide bonds. The number of nitrogens with one attached hydrogen (secondary N) is 1. The molecule has 1 heterocycles. The van der Waals surface area contributed by atoms with E-state index in [1.54, 1.807) is 19.1 Å². The molecule has 0 aromatic heterocycles. The summed E-state index contributed by atoms with van der Waals surface area (Å²) in [6.45, 7) is 6.82. The summed E-state index contributed by atoms with van der Waals surface area (Å²) < 4.78 is 19.7. The van der Waals surface area contributed by atoms with Crippen LogP contribution in [-0.4, -0.2) is 18.6 Å². The van der Waals surface area contributed by atoms with E-state index in [4.69, 9.17) is 16.3 Å². The molecule has 5 heteroatoms. The van der Waals surface area contributed by atoms with Crippen molar-refractivity contribution in [2.45, 2.75) is 52.2 Å². The van der Waals surface area contributed by atoms with Gasteiger partial charge < -0.3 is 10.1 Å². The molecule has 1 spiro atoms. The van der Waals surface area contributed by atoms with Gasteiger partial charge in [0.25, 0.3) is 0 Å². The Labute approximate surface area is 153 Å². The highest BCUT2D eigenvalue weighted by atomic mass is 35.5. The second kappa shape index (κ2) is 5.68. The number of amides is 1. The molecule has 2 bridgehead atoms. The highest BCUT2D eigenvalue weighted by Gasteiger charge is 2.68. The quantitative estimate of drug-likeness (QED) is 0.838. The Bertz CT molecular complexity index is 722. The van der Waals surface area contributed by atoms with Gasteiger partial charge in [0.1, 0.15) is 5.82 Å². The molecule has 4 rings (SSSR count). The van der Waals surface area contributed by atoms with Crippen molar-refractivity contribution in [2.24, 2.45) is 22.7 Å². The summed E-state index contributed by atoms with van der Waals surface area (Å²) in [5.41, 5.74) is 1.09.